The lowest BCUT2D eigenvalue weighted by Gasteiger charge is -2.20. The smallest absolute Gasteiger partial charge is 0.165 e. The van der Waals surface area contributed by atoms with Crippen LogP contribution in [0.2, 0.25) is 0 Å². The van der Waals surface area contributed by atoms with E-state index in [1.54, 1.807) is 18.9 Å². The maximum absolute atomic E-state index is 11.9. The van der Waals surface area contributed by atoms with Crippen molar-refractivity contribution in [1.82, 2.24) is 0 Å². The molecule has 0 unspecified atom stereocenters. The van der Waals surface area contributed by atoms with Gasteiger partial charge in [-0.05, 0) is 6.26 Å². The van der Waals surface area contributed by atoms with Crippen LogP contribution in [0.1, 0.15) is 23.7 Å². The van der Waals surface area contributed by atoms with E-state index < -0.39 is 0 Å². The van der Waals surface area contributed by atoms with Gasteiger partial charge in [-0.1, -0.05) is 37.3 Å². The number of carbonyl (C=O) groups is 1. The number of benzene rings is 1. The second-order valence-electron chi connectivity index (χ2n) is 3.71. The SMILES string of the molecule is CO[C@@H](CC(=O)c1ccccc1)[C@@H](C)SC. The summed E-state index contributed by atoms with van der Waals surface area (Å²) in [5.74, 6) is 0.147. The Kier molecular flexibility index (Phi) is 5.56. The molecule has 0 fully saturated rings. The number of ether oxygens (including phenoxy) is 1. The van der Waals surface area contributed by atoms with E-state index >= 15 is 0 Å². The molecule has 0 heterocycles. The van der Waals surface area contributed by atoms with Crippen LogP contribution < -0.4 is 0 Å². The highest BCUT2D eigenvalue weighted by atomic mass is 32.2. The minimum Gasteiger partial charge on any atom is -0.380 e. The second kappa shape index (κ2) is 6.71. The fourth-order valence-electron chi connectivity index (χ4n) is 1.52. The maximum atomic E-state index is 11.9. The van der Waals surface area contributed by atoms with Crippen molar-refractivity contribution in [3.63, 3.8) is 0 Å². The summed E-state index contributed by atoms with van der Waals surface area (Å²) < 4.78 is 5.35. The van der Waals surface area contributed by atoms with Gasteiger partial charge in [-0.3, -0.25) is 4.79 Å². The summed E-state index contributed by atoms with van der Waals surface area (Å²) in [6.45, 7) is 2.08. The molecule has 0 aliphatic carbocycles. The van der Waals surface area contributed by atoms with Crippen LogP contribution >= 0.6 is 11.8 Å². The van der Waals surface area contributed by atoms with Crippen LogP contribution in [0.15, 0.2) is 30.3 Å². The Labute approximate surface area is 101 Å². The molecule has 0 aliphatic heterocycles. The number of methoxy groups -OCH3 is 1. The zero-order valence-corrected chi connectivity index (χ0v) is 10.8. The van der Waals surface area contributed by atoms with Crippen molar-refractivity contribution in [3.8, 4) is 0 Å². The lowest BCUT2D eigenvalue weighted by molar-refractivity contribution is 0.0738. The van der Waals surface area contributed by atoms with Crippen molar-refractivity contribution in [2.24, 2.45) is 0 Å². The highest BCUT2D eigenvalue weighted by Gasteiger charge is 2.20. The van der Waals surface area contributed by atoms with Gasteiger partial charge in [0.25, 0.3) is 0 Å². The number of thioether (sulfide) groups is 1. The first-order valence-corrected chi connectivity index (χ1v) is 6.61. The molecule has 0 bridgehead atoms. The van der Waals surface area contributed by atoms with Gasteiger partial charge < -0.3 is 4.74 Å². The Hall–Kier alpha value is -0.800. The average molecular weight is 238 g/mol. The predicted octanol–water partition coefficient (Wildman–Crippen LogP) is 3.03. The fraction of sp³-hybridized carbons (Fsp3) is 0.462. The number of carbonyl (C=O) groups excluding carboxylic acids is 1. The summed E-state index contributed by atoms with van der Waals surface area (Å²) in [6, 6.07) is 9.37. The number of hydrogen-bond donors (Lipinski definition) is 0. The Bertz CT molecular complexity index is 324. The third-order valence-corrected chi connectivity index (χ3v) is 3.73. The van der Waals surface area contributed by atoms with Crippen LogP contribution in [-0.4, -0.2) is 30.5 Å². The molecule has 0 saturated heterocycles. The molecule has 0 radical (unpaired) electrons. The molecule has 0 amide bonds. The minimum atomic E-state index is -0.0114. The van der Waals surface area contributed by atoms with Crippen LogP contribution in [-0.2, 0) is 4.74 Å². The van der Waals surface area contributed by atoms with Gasteiger partial charge in [0.15, 0.2) is 5.78 Å². The summed E-state index contributed by atoms with van der Waals surface area (Å²) in [4.78, 5) is 11.9. The summed E-state index contributed by atoms with van der Waals surface area (Å²) >= 11 is 1.72. The molecule has 2 nitrogen and oxygen atoms in total. The van der Waals surface area contributed by atoms with Crippen LogP contribution in [0.25, 0.3) is 0 Å². The van der Waals surface area contributed by atoms with E-state index in [2.05, 4.69) is 6.92 Å². The Balaban J connectivity index is 2.63. The van der Waals surface area contributed by atoms with Crippen molar-refractivity contribution in [2.45, 2.75) is 24.7 Å². The molecule has 2 atom stereocenters. The molecule has 3 heteroatoms. The van der Waals surface area contributed by atoms with E-state index in [1.165, 1.54) is 0 Å². The number of rotatable bonds is 6. The molecule has 0 aromatic heterocycles. The molecule has 16 heavy (non-hydrogen) atoms. The van der Waals surface area contributed by atoms with E-state index in [0.29, 0.717) is 11.7 Å². The van der Waals surface area contributed by atoms with Gasteiger partial charge in [0, 0.05) is 24.3 Å². The molecule has 0 aliphatic rings. The van der Waals surface area contributed by atoms with Crippen molar-refractivity contribution < 1.29 is 9.53 Å². The molecule has 0 N–H and O–H groups in total. The zero-order chi connectivity index (χ0) is 12.0. The standard InChI is InChI=1S/C13H18O2S/c1-10(16-3)13(15-2)9-12(14)11-7-5-4-6-8-11/h4-8,10,13H,9H2,1-3H3/t10-,13+/m1/s1. The van der Waals surface area contributed by atoms with Gasteiger partial charge in [-0.25, -0.2) is 0 Å². The van der Waals surface area contributed by atoms with Crippen LogP contribution in [0.3, 0.4) is 0 Å². The summed E-state index contributed by atoms with van der Waals surface area (Å²) in [7, 11) is 1.66. The van der Waals surface area contributed by atoms with E-state index in [1.807, 2.05) is 36.6 Å². The first-order valence-electron chi connectivity index (χ1n) is 5.33. The van der Waals surface area contributed by atoms with Crippen LogP contribution in [0.5, 0.6) is 0 Å². The van der Waals surface area contributed by atoms with Crippen LogP contribution in [0, 0.1) is 0 Å². The first-order chi connectivity index (χ1) is 7.69. The Morgan fingerprint density at radius 3 is 2.50 bits per heavy atom. The van der Waals surface area contributed by atoms with Crippen molar-refractivity contribution >= 4 is 17.5 Å². The molecule has 0 saturated carbocycles. The van der Waals surface area contributed by atoms with Crippen molar-refractivity contribution in [1.29, 1.82) is 0 Å². The number of ketones is 1. The average Bonchev–Trinajstić information content (AvgIpc) is 2.35. The lowest BCUT2D eigenvalue weighted by Crippen LogP contribution is -2.25. The minimum absolute atomic E-state index is 0.0114. The summed E-state index contributed by atoms with van der Waals surface area (Å²) in [5.41, 5.74) is 0.762. The molecule has 1 aromatic rings. The Morgan fingerprint density at radius 2 is 2.00 bits per heavy atom. The summed E-state index contributed by atoms with van der Waals surface area (Å²) in [6.07, 6.45) is 2.47. The van der Waals surface area contributed by atoms with Crippen LogP contribution in [0.4, 0.5) is 0 Å². The molecule has 1 rings (SSSR count). The van der Waals surface area contributed by atoms with Gasteiger partial charge in [-0.15, -0.1) is 0 Å². The predicted molar refractivity (Wildman–Crippen MR) is 69.2 cm³/mol. The fourth-order valence-corrected chi connectivity index (χ4v) is 2.03. The van der Waals surface area contributed by atoms with E-state index in [0.717, 1.165) is 5.56 Å². The highest BCUT2D eigenvalue weighted by molar-refractivity contribution is 7.99. The Morgan fingerprint density at radius 1 is 1.38 bits per heavy atom. The normalized spacial score (nSPS) is 14.4. The molecular formula is C13H18O2S. The largest absolute Gasteiger partial charge is 0.380 e. The highest BCUT2D eigenvalue weighted by Crippen LogP contribution is 2.18. The molecule has 88 valence electrons. The van der Waals surface area contributed by atoms with Gasteiger partial charge in [0.05, 0.1) is 6.10 Å². The van der Waals surface area contributed by atoms with E-state index in [9.17, 15) is 4.79 Å². The first kappa shape index (κ1) is 13.3. The third-order valence-electron chi connectivity index (χ3n) is 2.68. The van der Waals surface area contributed by atoms with Gasteiger partial charge in [0.1, 0.15) is 0 Å². The summed E-state index contributed by atoms with van der Waals surface area (Å²) in [5, 5.41) is 0.331. The van der Waals surface area contributed by atoms with Crippen molar-refractivity contribution in [2.75, 3.05) is 13.4 Å². The van der Waals surface area contributed by atoms with Gasteiger partial charge in [-0.2, -0.15) is 11.8 Å². The topological polar surface area (TPSA) is 26.3 Å². The molecule has 0 spiro atoms. The van der Waals surface area contributed by atoms with Gasteiger partial charge in [0.2, 0.25) is 0 Å². The van der Waals surface area contributed by atoms with E-state index in [-0.39, 0.29) is 11.9 Å². The quantitative estimate of drug-likeness (QED) is 0.713. The third kappa shape index (κ3) is 3.65. The monoisotopic (exact) mass is 238 g/mol. The molecular weight excluding hydrogens is 220 g/mol. The maximum Gasteiger partial charge on any atom is 0.165 e. The zero-order valence-electron chi connectivity index (χ0n) is 9.97. The van der Waals surface area contributed by atoms with Gasteiger partial charge >= 0.3 is 0 Å². The van der Waals surface area contributed by atoms with E-state index in [4.69, 9.17) is 4.74 Å². The molecule has 1 aromatic carbocycles. The van der Waals surface area contributed by atoms with Crippen molar-refractivity contribution in [3.05, 3.63) is 35.9 Å². The second-order valence-corrected chi connectivity index (χ2v) is 4.92. The number of Topliss-reactive ketones (excluding diaryl/α,β-unsaturated/α-hetero) is 1. The lowest BCUT2D eigenvalue weighted by atomic mass is 10.0. The number of hydrogen-bond acceptors (Lipinski definition) is 3.